The molecule has 1 unspecified atom stereocenters. The standard InChI is InChI=1S/C17H33BrO2/c1-2-3-4-5-6-7-8-9-10-11-12-13-14-16(15-18)17(19)20/h16H,2-15H2,1H3,(H,19,20). The molecule has 0 aliphatic heterocycles. The van der Waals surface area contributed by atoms with Crippen LogP contribution in [0.1, 0.15) is 90.4 Å². The maximum absolute atomic E-state index is 10.8. The second-order valence-electron chi connectivity index (χ2n) is 5.87. The number of carboxylic acids is 1. The Bertz CT molecular complexity index is 219. The third-order valence-electron chi connectivity index (χ3n) is 3.94. The zero-order valence-electron chi connectivity index (χ0n) is 13.2. The van der Waals surface area contributed by atoms with E-state index in [4.69, 9.17) is 5.11 Å². The maximum atomic E-state index is 10.8. The zero-order chi connectivity index (χ0) is 15.1. The van der Waals surface area contributed by atoms with Gasteiger partial charge >= 0.3 is 5.97 Å². The molecule has 2 nitrogen and oxygen atoms in total. The fourth-order valence-corrected chi connectivity index (χ4v) is 3.10. The van der Waals surface area contributed by atoms with E-state index in [-0.39, 0.29) is 5.92 Å². The van der Waals surface area contributed by atoms with Gasteiger partial charge in [0.15, 0.2) is 0 Å². The lowest BCUT2D eigenvalue weighted by atomic mass is 10.0. The first-order valence-corrected chi connectivity index (χ1v) is 9.63. The van der Waals surface area contributed by atoms with Gasteiger partial charge in [-0.15, -0.1) is 0 Å². The highest BCUT2D eigenvalue weighted by molar-refractivity contribution is 9.09. The number of alkyl halides is 1. The minimum atomic E-state index is -0.662. The van der Waals surface area contributed by atoms with Crippen molar-refractivity contribution >= 4 is 21.9 Å². The van der Waals surface area contributed by atoms with Gasteiger partial charge in [-0.3, -0.25) is 4.79 Å². The summed E-state index contributed by atoms with van der Waals surface area (Å²) in [5, 5.41) is 9.50. The summed E-state index contributed by atoms with van der Waals surface area (Å²) in [4.78, 5) is 10.8. The highest BCUT2D eigenvalue weighted by atomic mass is 79.9. The molecule has 1 atom stereocenters. The van der Waals surface area contributed by atoms with E-state index in [1.807, 2.05) is 0 Å². The van der Waals surface area contributed by atoms with Gasteiger partial charge in [0.1, 0.15) is 0 Å². The third kappa shape index (κ3) is 13.0. The molecule has 0 saturated carbocycles. The van der Waals surface area contributed by atoms with Crippen molar-refractivity contribution in [2.75, 3.05) is 5.33 Å². The van der Waals surface area contributed by atoms with E-state index in [1.54, 1.807) is 0 Å². The summed E-state index contributed by atoms with van der Waals surface area (Å²) in [7, 11) is 0. The van der Waals surface area contributed by atoms with Crippen molar-refractivity contribution < 1.29 is 9.90 Å². The predicted octanol–water partition coefficient (Wildman–Crippen LogP) is 6.17. The van der Waals surface area contributed by atoms with Gasteiger partial charge in [-0.05, 0) is 6.42 Å². The topological polar surface area (TPSA) is 37.3 Å². The Morgan fingerprint density at radius 2 is 1.25 bits per heavy atom. The molecule has 0 aliphatic rings. The van der Waals surface area contributed by atoms with E-state index in [0.717, 1.165) is 12.8 Å². The molecule has 0 aromatic heterocycles. The number of hydrogen-bond acceptors (Lipinski definition) is 1. The molecule has 0 amide bonds. The molecule has 0 fully saturated rings. The lowest BCUT2D eigenvalue weighted by Gasteiger charge is -2.08. The number of halogens is 1. The molecule has 3 heteroatoms. The molecular formula is C17H33BrO2. The van der Waals surface area contributed by atoms with E-state index in [2.05, 4.69) is 22.9 Å². The van der Waals surface area contributed by atoms with Gasteiger partial charge in [0.05, 0.1) is 5.92 Å². The van der Waals surface area contributed by atoms with Crippen molar-refractivity contribution in [3.63, 3.8) is 0 Å². The van der Waals surface area contributed by atoms with Crippen LogP contribution in [0.3, 0.4) is 0 Å². The number of unbranched alkanes of at least 4 members (excludes halogenated alkanes) is 11. The first-order valence-electron chi connectivity index (χ1n) is 8.51. The van der Waals surface area contributed by atoms with E-state index in [0.29, 0.717) is 5.33 Å². The monoisotopic (exact) mass is 348 g/mol. The molecule has 0 aromatic carbocycles. The number of hydrogen-bond donors (Lipinski definition) is 1. The molecule has 1 N–H and O–H groups in total. The molecule has 0 heterocycles. The van der Waals surface area contributed by atoms with Gasteiger partial charge in [-0.25, -0.2) is 0 Å². The predicted molar refractivity (Wildman–Crippen MR) is 90.6 cm³/mol. The Morgan fingerprint density at radius 1 is 0.850 bits per heavy atom. The average molecular weight is 349 g/mol. The van der Waals surface area contributed by atoms with Crippen molar-refractivity contribution in [2.24, 2.45) is 5.92 Å². The molecule has 120 valence electrons. The summed E-state index contributed by atoms with van der Waals surface area (Å²) in [5.41, 5.74) is 0. The quantitative estimate of drug-likeness (QED) is 0.283. The second kappa shape index (κ2) is 15.3. The largest absolute Gasteiger partial charge is 0.481 e. The highest BCUT2D eigenvalue weighted by Crippen LogP contribution is 2.15. The van der Waals surface area contributed by atoms with Crippen molar-refractivity contribution in [3.05, 3.63) is 0 Å². The Hall–Kier alpha value is -0.0500. The summed E-state index contributed by atoms with van der Waals surface area (Å²) in [5.74, 6) is -0.858. The molecule has 0 aromatic rings. The fourth-order valence-electron chi connectivity index (χ4n) is 2.50. The van der Waals surface area contributed by atoms with Crippen LogP contribution < -0.4 is 0 Å². The van der Waals surface area contributed by atoms with Gasteiger partial charge in [-0.2, -0.15) is 0 Å². The van der Waals surface area contributed by atoms with Gasteiger partial charge < -0.3 is 5.11 Å². The normalized spacial score (nSPS) is 12.5. The third-order valence-corrected chi connectivity index (χ3v) is 4.72. The Morgan fingerprint density at radius 3 is 1.60 bits per heavy atom. The maximum Gasteiger partial charge on any atom is 0.307 e. The van der Waals surface area contributed by atoms with Crippen LogP contribution in [-0.4, -0.2) is 16.4 Å². The van der Waals surface area contributed by atoms with E-state index >= 15 is 0 Å². The van der Waals surface area contributed by atoms with Gasteiger partial charge in [0, 0.05) is 5.33 Å². The van der Waals surface area contributed by atoms with Crippen LogP contribution in [0.5, 0.6) is 0 Å². The number of rotatable bonds is 15. The van der Waals surface area contributed by atoms with Crippen LogP contribution in [0.2, 0.25) is 0 Å². The lowest BCUT2D eigenvalue weighted by Crippen LogP contribution is -2.14. The van der Waals surface area contributed by atoms with Gasteiger partial charge in [0.2, 0.25) is 0 Å². The Labute approximate surface area is 133 Å². The first-order chi connectivity index (χ1) is 9.72. The Balaban J connectivity index is 3.15. The molecule has 0 radical (unpaired) electrons. The van der Waals surface area contributed by atoms with Gasteiger partial charge in [-0.1, -0.05) is 99.9 Å². The van der Waals surface area contributed by atoms with Crippen LogP contribution >= 0.6 is 15.9 Å². The molecular weight excluding hydrogens is 316 g/mol. The van der Waals surface area contributed by atoms with Gasteiger partial charge in [0.25, 0.3) is 0 Å². The molecule has 0 rings (SSSR count). The molecule has 0 saturated heterocycles. The van der Waals surface area contributed by atoms with Crippen LogP contribution in [0.15, 0.2) is 0 Å². The van der Waals surface area contributed by atoms with Crippen molar-refractivity contribution in [1.82, 2.24) is 0 Å². The van der Waals surface area contributed by atoms with Crippen LogP contribution in [0, 0.1) is 5.92 Å². The summed E-state index contributed by atoms with van der Waals surface area (Å²) in [6, 6.07) is 0. The van der Waals surface area contributed by atoms with Crippen molar-refractivity contribution in [3.8, 4) is 0 Å². The second-order valence-corrected chi connectivity index (χ2v) is 6.51. The van der Waals surface area contributed by atoms with E-state index in [1.165, 1.54) is 70.6 Å². The number of aliphatic carboxylic acids is 1. The summed E-state index contributed by atoms with van der Waals surface area (Å²) < 4.78 is 0. The van der Waals surface area contributed by atoms with E-state index < -0.39 is 5.97 Å². The molecule has 0 spiro atoms. The van der Waals surface area contributed by atoms with Crippen LogP contribution in [0.4, 0.5) is 0 Å². The van der Waals surface area contributed by atoms with Crippen LogP contribution in [-0.2, 0) is 4.79 Å². The van der Waals surface area contributed by atoms with Crippen molar-refractivity contribution in [1.29, 1.82) is 0 Å². The van der Waals surface area contributed by atoms with Crippen LogP contribution in [0.25, 0.3) is 0 Å². The first kappa shape index (κ1) is 19.9. The lowest BCUT2D eigenvalue weighted by molar-refractivity contribution is -0.141. The number of carboxylic acid groups (broad SMARTS) is 1. The smallest absolute Gasteiger partial charge is 0.307 e. The van der Waals surface area contributed by atoms with Crippen molar-refractivity contribution in [2.45, 2.75) is 90.4 Å². The summed E-state index contributed by atoms with van der Waals surface area (Å²) >= 11 is 3.27. The number of carbonyl (C=O) groups is 1. The summed E-state index contributed by atoms with van der Waals surface area (Å²) in [6.07, 6.45) is 16.7. The minimum absolute atomic E-state index is 0.196. The molecule has 0 bridgehead atoms. The highest BCUT2D eigenvalue weighted by Gasteiger charge is 2.14. The zero-order valence-corrected chi connectivity index (χ0v) is 14.8. The Kier molecular flexibility index (Phi) is 15.3. The van der Waals surface area contributed by atoms with E-state index in [9.17, 15) is 4.79 Å². The molecule has 0 aliphatic carbocycles. The summed E-state index contributed by atoms with van der Waals surface area (Å²) in [6.45, 7) is 2.26. The minimum Gasteiger partial charge on any atom is -0.481 e. The SMILES string of the molecule is CCCCCCCCCCCCCCC(CBr)C(=O)O. The fraction of sp³-hybridized carbons (Fsp3) is 0.941. The molecule has 20 heavy (non-hydrogen) atoms. The average Bonchev–Trinajstić information content (AvgIpc) is 2.43.